The second kappa shape index (κ2) is 5.41. The molecule has 1 heterocycles. The van der Waals surface area contributed by atoms with Crippen LogP contribution in [0.15, 0.2) is 24.5 Å². The van der Waals surface area contributed by atoms with Gasteiger partial charge in [-0.1, -0.05) is 18.9 Å². The van der Waals surface area contributed by atoms with E-state index in [0.29, 0.717) is 0 Å². The lowest BCUT2D eigenvalue weighted by atomic mass is 9.91. The van der Waals surface area contributed by atoms with Gasteiger partial charge in [0.2, 0.25) is 0 Å². The fourth-order valence-electron chi connectivity index (χ4n) is 2.36. The smallest absolute Gasteiger partial charge is 0.0693 e. The van der Waals surface area contributed by atoms with Crippen molar-refractivity contribution in [2.24, 2.45) is 0 Å². The van der Waals surface area contributed by atoms with Crippen molar-refractivity contribution in [2.75, 3.05) is 0 Å². The lowest BCUT2D eigenvalue weighted by molar-refractivity contribution is 0.0859. The number of aromatic nitrogens is 1. The average Bonchev–Trinajstić information content (AvgIpc) is 2.33. The number of aliphatic hydroxyl groups excluding tert-OH is 1. The summed E-state index contributed by atoms with van der Waals surface area (Å²) < 4.78 is 0. The van der Waals surface area contributed by atoms with E-state index in [1.165, 1.54) is 12.0 Å². The van der Waals surface area contributed by atoms with Gasteiger partial charge in [0.1, 0.15) is 0 Å². The first kappa shape index (κ1) is 11.6. The van der Waals surface area contributed by atoms with Crippen molar-refractivity contribution in [3.05, 3.63) is 30.1 Å². The maximum atomic E-state index is 9.89. The Morgan fingerprint density at radius 1 is 1.44 bits per heavy atom. The minimum Gasteiger partial charge on any atom is -0.392 e. The van der Waals surface area contributed by atoms with E-state index in [9.17, 15) is 5.11 Å². The van der Waals surface area contributed by atoms with Crippen molar-refractivity contribution >= 4 is 0 Å². The molecule has 3 atom stereocenters. The molecule has 1 fully saturated rings. The van der Waals surface area contributed by atoms with E-state index < -0.39 is 0 Å². The highest BCUT2D eigenvalue weighted by Gasteiger charge is 2.24. The van der Waals surface area contributed by atoms with Gasteiger partial charge in [-0.05, 0) is 31.4 Å². The number of hydrogen-bond acceptors (Lipinski definition) is 3. The highest BCUT2D eigenvalue weighted by molar-refractivity contribution is 5.13. The van der Waals surface area contributed by atoms with Gasteiger partial charge in [0.05, 0.1) is 6.10 Å². The van der Waals surface area contributed by atoms with Crippen LogP contribution in [0.25, 0.3) is 0 Å². The predicted molar refractivity (Wildman–Crippen MR) is 64.1 cm³/mol. The minimum absolute atomic E-state index is 0.187. The minimum atomic E-state index is -0.187. The van der Waals surface area contributed by atoms with Crippen molar-refractivity contribution in [3.8, 4) is 0 Å². The van der Waals surface area contributed by atoms with Gasteiger partial charge in [-0.15, -0.1) is 0 Å². The van der Waals surface area contributed by atoms with Crippen LogP contribution < -0.4 is 5.32 Å². The van der Waals surface area contributed by atoms with E-state index in [2.05, 4.69) is 23.3 Å². The van der Waals surface area contributed by atoms with Crippen LogP contribution in [-0.4, -0.2) is 22.2 Å². The van der Waals surface area contributed by atoms with Gasteiger partial charge in [0.25, 0.3) is 0 Å². The highest BCUT2D eigenvalue weighted by Crippen LogP contribution is 2.21. The third-order valence-corrected chi connectivity index (χ3v) is 3.38. The van der Waals surface area contributed by atoms with Gasteiger partial charge in [-0.2, -0.15) is 0 Å². The summed E-state index contributed by atoms with van der Waals surface area (Å²) in [6.45, 7) is 2.12. The number of aliphatic hydroxyl groups is 1. The van der Waals surface area contributed by atoms with Gasteiger partial charge in [0.15, 0.2) is 0 Å². The van der Waals surface area contributed by atoms with E-state index in [0.717, 1.165) is 19.3 Å². The third kappa shape index (κ3) is 2.80. The van der Waals surface area contributed by atoms with Crippen molar-refractivity contribution < 1.29 is 5.11 Å². The third-order valence-electron chi connectivity index (χ3n) is 3.38. The fraction of sp³-hybridized carbons (Fsp3) is 0.615. The molecule has 2 rings (SSSR count). The molecule has 3 nitrogen and oxygen atoms in total. The van der Waals surface area contributed by atoms with Crippen molar-refractivity contribution in [1.82, 2.24) is 10.3 Å². The summed E-state index contributed by atoms with van der Waals surface area (Å²) in [6, 6.07) is 4.51. The number of nitrogens with one attached hydrogen (secondary N) is 1. The molecule has 1 aromatic rings. The molecule has 0 radical (unpaired) electrons. The van der Waals surface area contributed by atoms with E-state index in [1.807, 2.05) is 12.3 Å². The monoisotopic (exact) mass is 220 g/mol. The summed E-state index contributed by atoms with van der Waals surface area (Å²) in [5.41, 5.74) is 1.18. The highest BCUT2D eigenvalue weighted by atomic mass is 16.3. The normalized spacial score (nSPS) is 27.6. The summed E-state index contributed by atoms with van der Waals surface area (Å²) >= 11 is 0. The standard InChI is InChI=1S/C13H20N2O/c1-10(11-5-4-8-14-9-11)15-12-6-2-3-7-13(12)16/h4-5,8-10,12-13,15-16H,2-3,6-7H2,1H3/t10-,12+,13+/m1/s1. The van der Waals surface area contributed by atoms with Crippen LogP contribution in [0.4, 0.5) is 0 Å². The molecule has 0 amide bonds. The van der Waals surface area contributed by atoms with Gasteiger partial charge < -0.3 is 10.4 Å². The molecule has 1 saturated carbocycles. The Hall–Kier alpha value is -0.930. The summed E-state index contributed by atoms with van der Waals surface area (Å²) in [5, 5.41) is 13.4. The molecule has 88 valence electrons. The molecule has 0 unspecified atom stereocenters. The zero-order valence-corrected chi connectivity index (χ0v) is 9.76. The number of hydrogen-bond donors (Lipinski definition) is 2. The summed E-state index contributed by atoms with van der Waals surface area (Å²) in [7, 11) is 0. The molecule has 2 N–H and O–H groups in total. The molecule has 16 heavy (non-hydrogen) atoms. The topological polar surface area (TPSA) is 45.1 Å². The molecule has 0 bridgehead atoms. The van der Waals surface area contributed by atoms with Crippen LogP contribution in [0.5, 0.6) is 0 Å². The molecule has 1 aliphatic rings. The zero-order chi connectivity index (χ0) is 11.4. The maximum absolute atomic E-state index is 9.89. The average molecular weight is 220 g/mol. The second-order valence-electron chi connectivity index (χ2n) is 4.63. The summed E-state index contributed by atoms with van der Waals surface area (Å²) in [4.78, 5) is 4.12. The summed E-state index contributed by atoms with van der Waals surface area (Å²) in [6.07, 6.45) is 7.85. The van der Waals surface area contributed by atoms with Gasteiger partial charge in [0, 0.05) is 24.5 Å². The summed E-state index contributed by atoms with van der Waals surface area (Å²) in [5.74, 6) is 0. The van der Waals surface area contributed by atoms with Crippen LogP contribution in [0.2, 0.25) is 0 Å². The molecule has 0 aliphatic heterocycles. The Labute approximate surface area is 96.9 Å². The number of rotatable bonds is 3. The van der Waals surface area contributed by atoms with Gasteiger partial charge >= 0.3 is 0 Å². The Balaban J connectivity index is 1.94. The van der Waals surface area contributed by atoms with Crippen LogP contribution >= 0.6 is 0 Å². The quantitative estimate of drug-likeness (QED) is 0.819. The molecule has 0 spiro atoms. The molecule has 1 aromatic heterocycles. The van der Waals surface area contributed by atoms with Crippen LogP contribution in [0.1, 0.15) is 44.2 Å². The Morgan fingerprint density at radius 2 is 2.25 bits per heavy atom. The molecule has 1 aliphatic carbocycles. The van der Waals surface area contributed by atoms with Crippen molar-refractivity contribution in [3.63, 3.8) is 0 Å². The van der Waals surface area contributed by atoms with E-state index in [-0.39, 0.29) is 18.2 Å². The molecule has 0 saturated heterocycles. The largest absolute Gasteiger partial charge is 0.392 e. The molecule has 3 heteroatoms. The van der Waals surface area contributed by atoms with Crippen LogP contribution in [0, 0.1) is 0 Å². The first-order valence-corrected chi connectivity index (χ1v) is 6.11. The lowest BCUT2D eigenvalue weighted by Gasteiger charge is -2.31. The second-order valence-corrected chi connectivity index (χ2v) is 4.63. The van der Waals surface area contributed by atoms with E-state index in [1.54, 1.807) is 6.20 Å². The maximum Gasteiger partial charge on any atom is 0.0693 e. The first-order valence-electron chi connectivity index (χ1n) is 6.11. The SMILES string of the molecule is C[C@@H](N[C@H]1CCCC[C@@H]1O)c1cccnc1. The van der Waals surface area contributed by atoms with E-state index >= 15 is 0 Å². The van der Waals surface area contributed by atoms with Crippen molar-refractivity contribution in [2.45, 2.75) is 50.8 Å². The molecular formula is C13H20N2O. The van der Waals surface area contributed by atoms with Crippen molar-refractivity contribution in [1.29, 1.82) is 0 Å². The number of pyridine rings is 1. The number of nitrogens with zero attached hydrogens (tertiary/aromatic N) is 1. The molecular weight excluding hydrogens is 200 g/mol. The lowest BCUT2D eigenvalue weighted by Crippen LogP contribution is -2.43. The Morgan fingerprint density at radius 3 is 2.94 bits per heavy atom. The Bertz CT molecular complexity index is 315. The fourth-order valence-corrected chi connectivity index (χ4v) is 2.36. The molecule has 0 aromatic carbocycles. The van der Waals surface area contributed by atoms with Gasteiger partial charge in [-0.25, -0.2) is 0 Å². The Kier molecular flexibility index (Phi) is 3.91. The van der Waals surface area contributed by atoms with Crippen LogP contribution in [-0.2, 0) is 0 Å². The first-order chi connectivity index (χ1) is 7.77. The van der Waals surface area contributed by atoms with Crippen LogP contribution in [0.3, 0.4) is 0 Å². The van der Waals surface area contributed by atoms with Gasteiger partial charge in [-0.3, -0.25) is 4.98 Å². The zero-order valence-electron chi connectivity index (χ0n) is 9.76. The van der Waals surface area contributed by atoms with E-state index in [4.69, 9.17) is 0 Å². The predicted octanol–water partition coefficient (Wildman–Crippen LogP) is 2.04.